The number of hydrogen-bond donors (Lipinski definition) is 3. The number of carboxylic acid groups (broad SMARTS) is 1. The lowest BCUT2D eigenvalue weighted by molar-refractivity contribution is -0.135. The number of anilines is 1. The Kier molecular flexibility index (Phi) is 6.38. The van der Waals surface area contributed by atoms with Crippen molar-refractivity contribution in [2.24, 2.45) is 0 Å². The zero-order valence-corrected chi connectivity index (χ0v) is 10.9. The minimum Gasteiger partial charge on any atom is -0.480 e. The van der Waals surface area contributed by atoms with Crippen LogP contribution in [0, 0.1) is 0 Å². The summed E-state index contributed by atoms with van der Waals surface area (Å²) in [6.07, 6.45) is 0.790. The van der Waals surface area contributed by atoms with E-state index in [0.717, 1.165) is 13.0 Å². The first kappa shape index (κ1) is 15.0. The number of para-hydroxylation sites is 1. The number of nitrogens with one attached hydrogen (secondary N) is 2. The molecular weight excluding hydrogens is 246 g/mol. The Morgan fingerprint density at radius 2 is 1.89 bits per heavy atom. The molecule has 2 amide bonds. The molecule has 6 nitrogen and oxygen atoms in total. The van der Waals surface area contributed by atoms with E-state index in [2.05, 4.69) is 10.6 Å². The van der Waals surface area contributed by atoms with Crippen molar-refractivity contribution in [1.82, 2.24) is 10.6 Å². The molecule has 0 fully saturated rings. The van der Waals surface area contributed by atoms with Gasteiger partial charge in [0.05, 0.1) is 0 Å². The third-order valence-corrected chi connectivity index (χ3v) is 2.49. The highest BCUT2D eigenvalue weighted by Gasteiger charge is 2.17. The Labute approximate surface area is 112 Å². The van der Waals surface area contributed by atoms with Crippen molar-refractivity contribution in [3.8, 4) is 0 Å². The number of amides is 2. The number of nitrogens with zero attached hydrogens (tertiary/aromatic N) is 1. The van der Waals surface area contributed by atoms with E-state index in [1.165, 1.54) is 4.90 Å². The quantitative estimate of drug-likeness (QED) is 0.640. The molecule has 0 aliphatic heterocycles. The zero-order valence-electron chi connectivity index (χ0n) is 10.9. The fourth-order valence-electron chi connectivity index (χ4n) is 1.58. The van der Waals surface area contributed by atoms with Gasteiger partial charge < -0.3 is 15.7 Å². The smallest absolute Gasteiger partial charge is 0.323 e. The van der Waals surface area contributed by atoms with Crippen LogP contribution < -0.4 is 15.5 Å². The van der Waals surface area contributed by atoms with Crippen LogP contribution in [0.15, 0.2) is 30.3 Å². The van der Waals surface area contributed by atoms with Gasteiger partial charge >= 0.3 is 12.0 Å². The Bertz CT molecular complexity index is 409. The predicted molar refractivity (Wildman–Crippen MR) is 73.4 cm³/mol. The van der Waals surface area contributed by atoms with E-state index in [1.807, 2.05) is 13.1 Å². The Morgan fingerprint density at radius 1 is 1.21 bits per heavy atom. The van der Waals surface area contributed by atoms with Crippen molar-refractivity contribution in [3.63, 3.8) is 0 Å². The molecular formula is C13H19N3O3. The van der Waals surface area contributed by atoms with E-state index in [9.17, 15) is 9.59 Å². The van der Waals surface area contributed by atoms with Crippen LogP contribution in [0.2, 0.25) is 0 Å². The van der Waals surface area contributed by atoms with Gasteiger partial charge in [-0.3, -0.25) is 9.69 Å². The maximum absolute atomic E-state index is 12.0. The molecule has 3 N–H and O–H groups in total. The molecule has 104 valence electrons. The molecule has 0 spiro atoms. The van der Waals surface area contributed by atoms with Crippen LogP contribution in [-0.2, 0) is 4.79 Å². The summed E-state index contributed by atoms with van der Waals surface area (Å²) in [7, 11) is 1.84. The van der Waals surface area contributed by atoms with Crippen LogP contribution in [0.5, 0.6) is 0 Å². The van der Waals surface area contributed by atoms with Crippen LogP contribution in [0.1, 0.15) is 6.42 Å². The van der Waals surface area contributed by atoms with Crippen LogP contribution in [-0.4, -0.2) is 43.8 Å². The number of urea groups is 1. The second-order valence-electron chi connectivity index (χ2n) is 4.00. The Hall–Kier alpha value is -2.08. The number of aliphatic carboxylic acids is 1. The van der Waals surface area contributed by atoms with Crippen molar-refractivity contribution in [2.45, 2.75) is 6.42 Å². The van der Waals surface area contributed by atoms with Crippen LogP contribution in [0.3, 0.4) is 0 Å². The highest BCUT2D eigenvalue weighted by atomic mass is 16.4. The fourth-order valence-corrected chi connectivity index (χ4v) is 1.58. The van der Waals surface area contributed by atoms with Gasteiger partial charge in [-0.2, -0.15) is 0 Å². The van der Waals surface area contributed by atoms with Gasteiger partial charge in [0.2, 0.25) is 0 Å². The molecule has 19 heavy (non-hydrogen) atoms. The lowest BCUT2D eigenvalue weighted by Gasteiger charge is -2.21. The summed E-state index contributed by atoms with van der Waals surface area (Å²) < 4.78 is 0. The highest BCUT2D eigenvalue weighted by molar-refractivity contribution is 5.96. The average Bonchev–Trinajstić information content (AvgIpc) is 2.41. The SMILES string of the molecule is CNCCCNC(=O)N(CC(=O)O)c1ccccc1. The van der Waals surface area contributed by atoms with E-state index < -0.39 is 12.0 Å². The third kappa shape index (κ3) is 5.39. The van der Waals surface area contributed by atoms with Gasteiger partial charge in [-0.05, 0) is 32.1 Å². The summed E-state index contributed by atoms with van der Waals surface area (Å²) in [4.78, 5) is 24.0. The lowest BCUT2D eigenvalue weighted by Crippen LogP contribution is -2.43. The maximum Gasteiger partial charge on any atom is 0.323 e. The summed E-state index contributed by atoms with van der Waals surface area (Å²) in [6.45, 7) is 0.940. The molecule has 0 bridgehead atoms. The molecule has 0 unspecified atom stereocenters. The molecule has 1 rings (SSSR count). The van der Waals surface area contributed by atoms with E-state index >= 15 is 0 Å². The van der Waals surface area contributed by atoms with Crippen LogP contribution in [0.25, 0.3) is 0 Å². The number of hydrogen-bond acceptors (Lipinski definition) is 3. The number of carbonyl (C=O) groups is 2. The Balaban J connectivity index is 2.63. The van der Waals surface area contributed by atoms with E-state index in [1.54, 1.807) is 24.3 Å². The van der Waals surface area contributed by atoms with Crippen molar-refractivity contribution in [1.29, 1.82) is 0 Å². The third-order valence-electron chi connectivity index (χ3n) is 2.49. The first-order valence-corrected chi connectivity index (χ1v) is 6.12. The van der Waals surface area contributed by atoms with Crippen LogP contribution in [0.4, 0.5) is 10.5 Å². The summed E-state index contributed by atoms with van der Waals surface area (Å²) in [5.41, 5.74) is 0.566. The van der Waals surface area contributed by atoms with Gasteiger partial charge in [0.25, 0.3) is 0 Å². The van der Waals surface area contributed by atoms with Gasteiger partial charge in [0, 0.05) is 12.2 Å². The summed E-state index contributed by atoms with van der Waals surface area (Å²) in [5, 5.41) is 14.6. The van der Waals surface area contributed by atoms with Gasteiger partial charge in [0.15, 0.2) is 0 Å². The van der Waals surface area contributed by atoms with Crippen LogP contribution >= 0.6 is 0 Å². The number of benzene rings is 1. The summed E-state index contributed by atoms with van der Waals surface area (Å²) >= 11 is 0. The molecule has 0 saturated carbocycles. The molecule has 0 heterocycles. The topological polar surface area (TPSA) is 81.7 Å². The Morgan fingerprint density at radius 3 is 2.47 bits per heavy atom. The summed E-state index contributed by atoms with van der Waals surface area (Å²) in [6, 6.07) is 8.35. The molecule has 6 heteroatoms. The highest BCUT2D eigenvalue weighted by Crippen LogP contribution is 2.12. The van der Waals surface area contributed by atoms with Gasteiger partial charge in [-0.15, -0.1) is 0 Å². The number of carbonyl (C=O) groups excluding carboxylic acids is 1. The average molecular weight is 265 g/mol. The minimum atomic E-state index is -1.05. The molecule has 0 aliphatic rings. The molecule has 0 aliphatic carbocycles. The zero-order chi connectivity index (χ0) is 14.1. The second-order valence-corrected chi connectivity index (χ2v) is 4.00. The van der Waals surface area contributed by atoms with Crippen molar-refractivity contribution in [3.05, 3.63) is 30.3 Å². The monoisotopic (exact) mass is 265 g/mol. The van der Waals surface area contributed by atoms with Crippen molar-refractivity contribution < 1.29 is 14.7 Å². The first-order valence-electron chi connectivity index (χ1n) is 6.12. The predicted octanol–water partition coefficient (Wildman–Crippen LogP) is 0.897. The van der Waals surface area contributed by atoms with Gasteiger partial charge in [0.1, 0.15) is 6.54 Å². The van der Waals surface area contributed by atoms with E-state index in [4.69, 9.17) is 5.11 Å². The van der Waals surface area contributed by atoms with E-state index in [0.29, 0.717) is 12.2 Å². The van der Waals surface area contributed by atoms with Crippen molar-refractivity contribution >= 4 is 17.7 Å². The lowest BCUT2D eigenvalue weighted by atomic mass is 10.3. The minimum absolute atomic E-state index is 0.359. The first-order chi connectivity index (χ1) is 9.15. The van der Waals surface area contributed by atoms with Gasteiger partial charge in [-0.25, -0.2) is 4.79 Å². The normalized spacial score (nSPS) is 9.95. The van der Waals surface area contributed by atoms with Gasteiger partial charge in [-0.1, -0.05) is 18.2 Å². The maximum atomic E-state index is 12.0. The van der Waals surface area contributed by atoms with Crippen molar-refractivity contribution in [2.75, 3.05) is 31.6 Å². The molecule has 0 saturated heterocycles. The summed E-state index contributed by atoms with van der Waals surface area (Å²) in [5.74, 6) is -1.05. The van der Waals surface area contributed by atoms with E-state index in [-0.39, 0.29) is 6.54 Å². The molecule has 0 radical (unpaired) electrons. The second kappa shape index (κ2) is 8.10. The number of carboxylic acids is 1. The molecule has 0 aromatic heterocycles. The standard InChI is InChI=1S/C13H19N3O3/c1-14-8-5-9-15-13(19)16(10-12(17)18)11-6-3-2-4-7-11/h2-4,6-7,14H,5,8-10H2,1H3,(H,15,19)(H,17,18). The largest absolute Gasteiger partial charge is 0.480 e. The molecule has 1 aromatic rings. The molecule has 0 atom stereocenters. The fraction of sp³-hybridized carbons (Fsp3) is 0.385. The molecule has 1 aromatic carbocycles. The number of rotatable bonds is 7.